The molecule has 0 aliphatic rings. The molecule has 19 heavy (non-hydrogen) atoms. The number of hydrogen-bond acceptors (Lipinski definition) is 3. The van der Waals surface area contributed by atoms with Gasteiger partial charge in [0.2, 0.25) is 5.82 Å². The van der Waals surface area contributed by atoms with E-state index in [1.54, 1.807) is 0 Å². The number of halogens is 3. The minimum atomic E-state index is -1.47. The number of alkyl halides is 1. The zero-order chi connectivity index (χ0) is 14.4. The minimum Gasteiger partial charge on any atom is -0.352 e. The molecule has 104 valence electrons. The molecule has 0 bridgehead atoms. The molecule has 0 aliphatic carbocycles. The van der Waals surface area contributed by atoms with Gasteiger partial charge in [0.15, 0.2) is 0 Å². The molecule has 0 aromatic heterocycles. The van der Waals surface area contributed by atoms with Crippen molar-refractivity contribution in [1.29, 1.82) is 0 Å². The summed E-state index contributed by atoms with van der Waals surface area (Å²) in [4.78, 5) is 21.1. The third-order valence-corrected chi connectivity index (χ3v) is 2.61. The van der Waals surface area contributed by atoms with E-state index in [0.717, 1.165) is 0 Å². The van der Waals surface area contributed by atoms with E-state index in [0.29, 0.717) is 30.9 Å². The summed E-state index contributed by atoms with van der Waals surface area (Å²) in [6, 6.07) is 1.36. The van der Waals surface area contributed by atoms with E-state index < -0.39 is 33.7 Å². The third kappa shape index (κ3) is 3.85. The topological polar surface area (TPSA) is 72.2 Å². The molecule has 0 fully saturated rings. The summed E-state index contributed by atoms with van der Waals surface area (Å²) < 4.78 is 27.0. The van der Waals surface area contributed by atoms with Crippen LogP contribution in [0.25, 0.3) is 0 Å². The first-order chi connectivity index (χ1) is 8.99. The van der Waals surface area contributed by atoms with Crippen LogP contribution in [0.4, 0.5) is 14.5 Å². The van der Waals surface area contributed by atoms with E-state index in [4.69, 9.17) is 11.6 Å². The van der Waals surface area contributed by atoms with E-state index in [9.17, 15) is 23.7 Å². The SMILES string of the molecule is O=C(NCCCCCl)c1c(F)ccc([N+](=O)[O-])c1F. The van der Waals surface area contributed by atoms with E-state index >= 15 is 0 Å². The quantitative estimate of drug-likeness (QED) is 0.379. The predicted molar refractivity (Wildman–Crippen MR) is 65.3 cm³/mol. The molecule has 1 rings (SSSR count). The van der Waals surface area contributed by atoms with Crippen LogP contribution in [0.1, 0.15) is 23.2 Å². The number of carbonyl (C=O) groups is 1. The van der Waals surface area contributed by atoms with E-state index in [1.165, 1.54) is 0 Å². The monoisotopic (exact) mass is 292 g/mol. The highest BCUT2D eigenvalue weighted by molar-refractivity contribution is 6.17. The summed E-state index contributed by atoms with van der Waals surface area (Å²) in [6.45, 7) is 0.188. The van der Waals surface area contributed by atoms with Gasteiger partial charge in [-0.05, 0) is 18.9 Å². The number of carbonyl (C=O) groups excluding carboxylic acids is 1. The summed E-state index contributed by atoms with van der Waals surface area (Å²) in [6.07, 6.45) is 1.19. The number of nitrogens with zero attached hydrogens (tertiary/aromatic N) is 1. The fraction of sp³-hybridized carbons (Fsp3) is 0.364. The van der Waals surface area contributed by atoms with Gasteiger partial charge >= 0.3 is 5.69 Å². The standard InChI is InChI=1S/C11H11ClF2N2O3/c12-5-1-2-6-15-11(17)9-7(13)3-4-8(10(9)14)16(18)19/h3-4H,1-2,5-6H2,(H,15,17). The summed E-state index contributed by atoms with van der Waals surface area (Å²) >= 11 is 5.43. The molecule has 0 saturated heterocycles. The van der Waals surface area contributed by atoms with Crippen molar-refractivity contribution in [3.05, 3.63) is 39.4 Å². The van der Waals surface area contributed by atoms with Crippen molar-refractivity contribution < 1.29 is 18.5 Å². The number of hydrogen-bond donors (Lipinski definition) is 1. The minimum absolute atomic E-state index is 0.188. The Balaban J connectivity index is 2.90. The Morgan fingerprint density at radius 2 is 2.05 bits per heavy atom. The Kier molecular flexibility index (Phi) is 5.62. The number of rotatable bonds is 6. The zero-order valence-corrected chi connectivity index (χ0v) is 10.5. The molecule has 0 aliphatic heterocycles. The Morgan fingerprint density at radius 1 is 1.37 bits per heavy atom. The van der Waals surface area contributed by atoms with E-state index in [1.807, 2.05) is 0 Å². The summed E-state index contributed by atoms with van der Waals surface area (Å²) in [5.41, 5.74) is -1.88. The van der Waals surface area contributed by atoms with Gasteiger partial charge in [-0.3, -0.25) is 14.9 Å². The molecule has 1 aromatic carbocycles. The molecule has 0 heterocycles. The van der Waals surface area contributed by atoms with Crippen molar-refractivity contribution in [2.45, 2.75) is 12.8 Å². The van der Waals surface area contributed by atoms with Crippen LogP contribution < -0.4 is 5.32 Å². The predicted octanol–water partition coefficient (Wildman–Crippen LogP) is 2.62. The molecular weight excluding hydrogens is 282 g/mol. The van der Waals surface area contributed by atoms with Crippen molar-refractivity contribution >= 4 is 23.2 Å². The van der Waals surface area contributed by atoms with Crippen LogP contribution in [0.2, 0.25) is 0 Å². The molecule has 5 nitrogen and oxygen atoms in total. The Hall–Kier alpha value is -1.76. The molecule has 1 amide bonds. The lowest BCUT2D eigenvalue weighted by Gasteiger charge is -2.06. The smallest absolute Gasteiger partial charge is 0.305 e. The Labute approximate surface area is 112 Å². The van der Waals surface area contributed by atoms with E-state index in [-0.39, 0.29) is 6.54 Å². The van der Waals surface area contributed by atoms with Gasteiger partial charge in [0, 0.05) is 18.5 Å². The Bertz CT molecular complexity index is 497. The number of unbranched alkanes of at least 4 members (excludes halogenated alkanes) is 1. The number of amides is 1. The van der Waals surface area contributed by atoms with Crippen LogP contribution >= 0.6 is 11.6 Å². The molecule has 0 spiro atoms. The first-order valence-electron chi connectivity index (χ1n) is 5.45. The average molecular weight is 293 g/mol. The fourth-order valence-corrected chi connectivity index (χ4v) is 1.59. The van der Waals surface area contributed by atoms with Gasteiger partial charge < -0.3 is 5.32 Å². The fourth-order valence-electron chi connectivity index (χ4n) is 1.40. The van der Waals surface area contributed by atoms with Crippen molar-refractivity contribution in [2.24, 2.45) is 0 Å². The normalized spacial score (nSPS) is 10.3. The van der Waals surface area contributed by atoms with Crippen molar-refractivity contribution in [2.75, 3.05) is 12.4 Å². The summed E-state index contributed by atoms with van der Waals surface area (Å²) in [5, 5.41) is 12.8. The zero-order valence-electron chi connectivity index (χ0n) is 9.79. The van der Waals surface area contributed by atoms with Gasteiger partial charge in [0.25, 0.3) is 5.91 Å². The van der Waals surface area contributed by atoms with Gasteiger partial charge in [-0.2, -0.15) is 4.39 Å². The highest BCUT2D eigenvalue weighted by atomic mass is 35.5. The highest BCUT2D eigenvalue weighted by Crippen LogP contribution is 2.22. The molecule has 0 unspecified atom stereocenters. The molecular formula is C11H11ClF2N2O3. The molecule has 8 heteroatoms. The highest BCUT2D eigenvalue weighted by Gasteiger charge is 2.25. The summed E-state index contributed by atoms with van der Waals surface area (Å²) in [7, 11) is 0. The first kappa shape index (κ1) is 15.3. The van der Waals surface area contributed by atoms with Gasteiger partial charge in [-0.25, -0.2) is 4.39 Å². The van der Waals surface area contributed by atoms with Crippen LogP contribution in [-0.4, -0.2) is 23.3 Å². The van der Waals surface area contributed by atoms with Crippen LogP contribution in [-0.2, 0) is 0 Å². The molecule has 1 N–H and O–H groups in total. The molecule has 0 atom stereocenters. The lowest BCUT2D eigenvalue weighted by Crippen LogP contribution is -2.26. The molecule has 1 aromatic rings. The second-order valence-corrected chi connectivity index (χ2v) is 4.04. The molecule has 0 saturated carbocycles. The maximum Gasteiger partial charge on any atom is 0.305 e. The second kappa shape index (κ2) is 6.98. The Morgan fingerprint density at radius 3 is 2.63 bits per heavy atom. The van der Waals surface area contributed by atoms with Gasteiger partial charge in [0.1, 0.15) is 11.4 Å². The van der Waals surface area contributed by atoms with Crippen molar-refractivity contribution in [1.82, 2.24) is 5.32 Å². The van der Waals surface area contributed by atoms with Crippen LogP contribution in [0.5, 0.6) is 0 Å². The summed E-state index contributed by atoms with van der Waals surface area (Å²) in [5.74, 6) is -3.22. The van der Waals surface area contributed by atoms with Gasteiger partial charge in [-0.1, -0.05) is 0 Å². The van der Waals surface area contributed by atoms with Gasteiger partial charge in [-0.15, -0.1) is 11.6 Å². The number of nitro benzene ring substituents is 1. The number of nitro groups is 1. The van der Waals surface area contributed by atoms with Crippen LogP contribution in [0, 0.1) is 21.7 Å². The van der Waals surface area contributed by atoms with Crippen molar-refractivity contribution in [3.63, 3.8) is 0 Å². The maximum atomic E-state index is 13.6. The average Bonchev–Trinajstić information content (AvgIpc) is 2.34. The second-order valence-electron chi connectivity index (χ2n) is 3.66. The van der Waals surface area contributed by atoms with Crippen LogP contribution in [0.3, 0.4) is 0 Å². The lowest BCUT2D eigenvalue weighted by atomic mass is 10.1. The maximum absolute atomic E-state index is 13.6. The third-order valence-electron chi connectivity index (χ3n) is 2.34. The first-order valence-corrected chi connectivity index (χ1v) is 5.99. The largest absolute Gasteiger partial charge is 0.352 e. The van der Waals surface area contributed by atoms with E-state index in [2.05, 4.69) is 5.32 Å². The number of nitrogens with one attached hydrogen (secondary N) is 1. The lowest BCUT2D eigenvalue weighted by molar-refractivity contribution is -0.387. The van der Waals surface area contributed by atoms with Crippen molar-refractivity contribution in [3.8, 4) is 0 Å². The van der Waals surface area contributed by atoms with Crippen LogP contribution in [0.15, 0.2) is 12.1 Å². The number of benzene rings is 1. The van der Waals surface area contributed by atoms with Gasteiger partial charge in [0.05, 0.1) is 4.92 Å². The molecule has 0 radical (unpaired) electrons.